The fourth-order valence-electron chi connectivity index (χ4n) is 1.63. The van der Waals surface area contributed by atoms with Gasteiger partial charge in [-0.1, -0.05) is 32.0 Å². The van der Waals surface area contributed by atoms with Gasteiger partial charge in [0.05, 0.1) is 6.61 Å². The number of carbonyl (C=O) groups excluding carboxylic acids is 1. The van der Waals surface area contributed by atoms with E-state index in [1.165, 1.54) is 0 Å². The van der Waals surface area contributed by atoms with E-state index < -0.39 is 6.23 Å². The second-order valence-corrected chi connectivity index (χ2v) is 4.28. The molecule has 1 N–H and O–H groups in total. The summed E-state index contributed by atoms with van der Waals surface area (Å²) in [6.45, 7) is 4.39. The number of hydroxylamine groups is 2. The Bertz CT molecular complexity index is 403. The van der Waals surface area contributed by atoms with Crippen LogP contribution < -0.4 is 0 Å². The average Bonchev–Trinajstić information content (AvgIpc) is 2.50. The van der Waals surface area contributed by atoms with Crippen LogP contribution in [0, 0.1) is 5.92 Å². The van der Waals surface area contributed by atoms with Gasteiger partial charge in [0.15, 0.2) is 6.23 Å². The average molecular weight is 221 g/mol. The number of hydrogen-bond acceptors (Lipinski definition) is 3. The number of benzene rings is 1. The minimum absolute atomic E-state index is 0.274. The predicted octanol–water partition coefficient (Wildman–Crippen LogP) is 1.72. The molecular formula is C12H15NO3. The molecule has 4 nitrogen and oxygen atoms in total. The minimum atomic E-state index is -0.984. The van der Waals surface area contributed by atoms with Crippen LogP contribution in [0.15, 0.2) is 24.3 Å². The van der Waals surface area contributed by atoms with Crippen LogP contribution in [0.5, 0.6) is 0 Å². The van der Waals surface area contributed by atoms with Crippen LogP contribution in [0.3, 0.4) is 0 Å². The highest BCUT2D eigenvalue weighted by atomic mass is 16.7. The molecule has 16 heavy (non-hydrogen) atoms. The van der Waals surface area contributed by atoms with Crippen LogP contribution in [-0.4, -0.2) is 22.7 Å². The van der Waals surface area contributed by atoms with Gasteiger partial charge >= 0.3 is 0 Å². The molecule has 1 aromatic carbocycles. The van der Waals surface area contributed by atoms with Gasteiger partial charge in [0.25, 0.3) is 5.91 Å². The van der Waals surface area contributed by atoms with Crippen LogP contribution in [-0.2, 0) is 4.84 Å². The van der Waals surface area contributed by atoms with Gasteiger partial charge in [-0.25, -0.2) is 0 Å². The van der Waals surface area contributed by atoms with Gasteiger partial charge in [0, 0.05) is 11.1 Å². The summed E-state index contributed by atoms with van der Waals surface area (Å²) in [7, 11) is 0. The lowest BCUT2D eigenvalue weighted by atomic mass is 10.1. The van der Waals surface area contributed by atoms with Crippen molar-refractivity contribution in [1.82, 2.24) is 5.06 Å². The predicted molar refractivity (Wildman–Crippen MR) is 58.4 cm³/mol. The molecule has 0 aliphatic carbocycles. The molecule has 4 heteroatoms. The largest absolute Gasteiger partial charge is 0.367 e. The maximum Gasteiger partial charge on any atom is 0.280 e. The van der Waals surface area contributed by atoms with Crippen molar-refractivity contribution in [3.05, 3.63) is 35.4 Å². The Labute approximate surface area is 94.4 Å². The zero-order valence-corrected chi connectivity index (χ0v) is 9.38. The van der Waals surface area contributed by atoms with Crippen LogP contribution in [0.1, 0.15) is 36.0 Å². The Morgan fingerprint density at radius 1 is 1.44 bits per heavy atom. The van der Waals surface area contributed by atoms with E-state index in [0.717, 1.165) is 5.06 Å². The number of nitrogens with zero attached hydrogens (tertiary/aromatic N) is 1. The Morgan fingerprint density at radius 3 is 2.75 bits per heavy atom. The topological polar surface area (TPSA) is 49.8 Å². The van der Waals surface area contributed by atoms with Crippen molar-refractivity contribution < 1.29 is 14.7 Å². The number of hydrogen-bond donors (Lipinski definition) is 1. The van der Waals surface area contributed by atoms with Crippen LogP contribution in [0.25, 0.3) is 0 Å². The molecule has 1 aliphatic heterocycles. The SMILES string of the molecule is CC(C)CON1C(=O)c2ccccc2C1O. The number of aliphatic hydroxyl groups is 1. The van der Waals surface area contributed by atoms with Crippen molar-refractivity contribution in [3.8, 4) is 0 Å². The monoisotopic (exact) mass is 221 g/mol. The molecule has 0 fully saturated rings. The van der Waals surface area contributed by atoms with Crippen LogP contribution in [0.2, 0.25) is 0 Å². The third-order valence-electron chi connectivity index (χ3n) is 2.44. The quantitative estimate of drug-likeness (QED) is 0.845. The van der Waals surface area contributed by atoms with Gasteiger partial charge in [0.2, 0.25) is 0 Å². The van der Waals surface area contributed by atoms with E-state index in [1.807, 2.05) is 13.8 Å². The standard InChI is InChI=1S/C12H15NO3/c1-8(2)7-16-13-11(14)9-5-3-4-6-10(9)12(13)15/h3-6,8,11,14H,7H2,1-2H3. The summed E-state index contributed by atoms with van der Waals surface area (Å²) >= 11 is 0. The van der Waals surface area contributed by atoms with E-state index >= 15 is 0 Å². The second kappa shape index (κ2) is 4.23. The van der Waals surface area contributed by atoms with Crippen LogP contribution in [0.4, 0.5) is 0 Å². The summed E-state index contributed by atoms with van der Waals surface area (Å²) in [5.74, 6) is 0.0347. The lowest BCUT2D eigenvalue weighted by Gasteiger charge is -2.20. The van der Waals surface area contributed by atoms with Gasteiger partial charge in [-0.2, -0.15) is 5.06 Å². The first-order valence-corrected chi connectivity index (χ1v) is 5.34. The molecule has 1 heterocycles. The van der Waals surface area contributed by atoms with E-state index in [1.54, 1.807) is 24.3 Å². The summed E-state index contributed by atoms with van der Waals surface area (Å²) in [5.41, 5.74) is 1.12. The lowest BCUT2D eigenvalue weighted by molar-refractivity contribution is -0.204. The Kier molecular flexibility index (Phi) is 2.94. The maximum absolute atomic E-state index is 11.9. The molecule has 1 aliphatic rings. The molecular weight excluding hydrogens is 206 g/mol. The van der Waals surface area contributed by atoms with E-state index in [0.29, 0.717) is 23.7 Å². The van der Waals surface area contributed by atoms with Crippen molar-refractivity contribution in [2.24, 2.45) is 5.92 Å². The number of aliphatic hydroxyl groups excluding tert-OH is 1. The van der Waals surface area contributed by atoms with E-state index in [-0.39, 0.29) is 5.91 Å². The zero-order chi connectivity index (χ0) is 11.7. The molecule has 0 saturated heterocycles. The van der Waals surface area contributed by atoms with E-state index in [2.05, 4.69) is 0 Å². The highest BCUT2D eigenvalue weighted by molar-refractivity contribution is 5.98. The smallest absolute Gasteiger partial charge is 0.280 e. The van der Waals surface area contributed by atoms with E-state index in [4.69, 9.17) is 4.84 Å². The minimum Gasteiger partial charge on any atom is -0.367 e. The van der Waals surface area contributed by atoms with Crippen molar-refractivity contribution in [2.75, 3.05) is 6.61 Å². The van der Waals surface area contributed by atoms with Gasteiger partial charge in [-0.15, -0.1) is 0 Å². The van der Waals surface area contributed by atoms with Gasteiger partial charge < -0.3 is 5.11 Å². The lowest BCUT2D eigenvalue weighted by Crippen LogP contribution is -2.29. The number of carbonyl (C=O) groups is 1. The molecule has 0 spiro atoms. The van der Waals surface area contributed by atoms with Gasteiger partial charge in [0.1, 0.15) is 0 Å². The molecule has 0 bridgehead atoms. The highest BCUT2D eigenvalue weighted by Crippen LogP contribution is 2.31. The van der Waals surface area contributed by atoms with Crippen molar-refractivity contribution in [2.45, 2.75) is 20.1 Å². The Morgan fingerprint density at radius 2 is 2.12 bits per heavy atom. The van der Waals surface area contributed by atoms with Crippen molar-refractivity contribution >= 4 is 5.91 Å². The summed E-state index contributed by atoms with van der Waals surface area (Å²) < 4.78 is 0. The first-order valence-electron chi connectivity index (χ1n) is 5.34. The zero-order valence-electron chi connectivity index (χ0n) is 9.38. The number of fused-ring (bicyclic) bond motifs is 1. The normalized spacial score (nSPS) is 19.4. The summed E-state index contributed by atoms with van der Waals surface area (Å²) in [6.07, 6.45) is -0.984. The van der Waals surface area contributed by atoms with E-state index in [9.17, 15) is 9.90 Å². The first-order chi connectivity index (χ1) is 7.61. The third kappa shape index (κ3) is 1.81. The fourth-order valence-corrected chi connectivity index (χ4v) is 1.63. The Hall–Kier alpha value is -1.39. The third-order valence-corrected chi connectivity index (χ3v) is 2.44. The molecule has 1 aromatic rings. The molecule has 0 radical (unpaired) electrons. The van der Waals surface area contributed by atoms with Crippen molar-refractivity contribution in [3.63, 3.8) is 0 Å². The van der Waals surface area contributed by atoms with Crippen LogP contribution >= 0.6 is 0 Å². The number of rotatable bonds is 3. The molecule has 1 unspecified atom stereocenters. The second-order valence-electron chi connectivity index (χ2n) is 4.28. The van der Waals surface area contributed by atoms with Gasteiger partial charge in [-0.3, -0.25) is 9.63 Å². The maximum atomic E-state index is 11.9. The molecule has 0 aromatic heterocycles. The Balaban J connectivity index is 2.18. The summed E-state index contributed by atoms with van der Waals surface area (Å²) in [6, 6.07) is 6.99. The highest BCUT2D eigenvalue weighted by Gasteiger charge is 2.36. The van der Waals surface area contributed by atoms with Gasteiger partial charge in [-0.05, 0) is 12.0 Å². The summed E-state index contributed by atoms with van der Waals surface area (Å²) in [5, 5.41) is 11.0. The first kappa shape index (κ1) is 11.1. The molecule has 86 valence electrons. The molecule has 1 amide bonds. The molecule has 1 atom stereocenters. The number of amides is 1. The molecule has 0 saturated carbocycles. The summed E-state index contributed by atoms with van der Waals surface area (Å²) in [4.78, 5) is 17.2. The molecule has 2 rings (SSSR count). The fraction of sp³-hybridized carbons (Fsp3) is 0.417. The van der Waals surface area contributed by atoms with Crippen molar-refractivity contribution in [1.29, 1.82) is 0 Å².